The molecule has 156 valence electrons. The number of urea groups is 1. The van der Waals surface area contributed by atoms with Crippen LogP contribution in [0.15, 0.2) is 6.07 Å². The van der Waals surface area contributed by atoms with Gasteiger partial charge in [-0.1, -0.05) is 41.0 Å². The summed E-state index contributed by atoms with van der Waals surface area (Å²) in [5.41, 5.74) is 11.5. The predicted octanol–water partition coefficient (Wildman–Crippen LogP) is 2.74. The molecule has 1 aromatic rings. The zero-order valence-electron chi connectivity index (χ0n) is 17.3. The quantitative estimate of drug-likeness (QED) is 0.562. The van der Waals surface area contributed by atoms with Crippen molar-refractivity contribution < 1.29 is 14.4 Å². The van der Waals surface area contributed by atoms with E-state index in [1.54, 1.807) is 0 Å². The van der Waals surface area contributed by atoms with Crippen molar-refractivity contribution in [3.63, 3.8) is 0 Å². The highest BCUT2D eigenvalue weighted by atomic mass is 32.1. The number of nitrogens with two attached hydrogens (primary N) is 1. The number of fused-ring (bicyclic) bond motifs is 1. The van der Waals surface area contributed by atoms with Crippen LogP contribution in [0.4, 0.5) is 4.79 Å². The first-order valence-electron chi connectivity index (χ1n) is 9.80. The van der Waals surface area contributed by atoms with Gasteiger partial charge >= 0.3 is 6.03 Å². The fourth-order valence-corrected chi connectivity index (χ4v) is 4.59. The van der Waals surface area contributed by atoms with E-state index in [1.165, 1.54) is 21.8 Å². The SMILES string of the molecule is CC[C@H](C)[C@H](NC(N)=O)C(=O)NNC(=O)c1cc2c(s1)CC[C@H](C(C)(C)C)C2. The average molecular weight is 409 g/mol. The maximum Gasteiger partial charge on any atom is 0.312 e. The summed E-state index contributed by atoms with van der Waals surface area (Å²) in [5.74, 6) is -0.355. The Hall–Kier alpha value is -2.09. The lowest BCUT2D eigenvalue weighted by Gasteiger charge is -2.33. The van der Waals surface area contributed by atoms with Crippen LogP contribution in [0.25, 0.3) is 0 Å². The van der Waals surface area contributed by atoms with Gasteiger partial charge in [-0.3, -0.25) is 20.4 Å². The molecule has 7 nitrogen and oxygen atoms in total. The number of hydrogen-bond donors (Lipinski definition) is 4. The summed E-state index contributed by atoms with van der Waals surface area (Å²) in [6, 6.07) is 0.366. The molecule has 1 aliphatic carbocycles. The van der Waals surface area contributed by atoms with E-state index in [4.69, 9.17) is 5.73 Å². The third-order valence-electron chi connectivity index (χ3n) is 5.62. The lowest BCUT2D eigenvalue weighted by Crippen LogP contribution is -2.55. The van der Waals surface area contributed by atoms with Crippen molar-refractivity contribution in [3.8, 4) is 0 Å². The first-order chi connectivity index (χ1) is 13.0. The Kier molecular flexibility index (Phi) is 7.09. The zero-order chi connectivity index (χ0) is 21.1. The van der Waals surface area contributed by atoms with Crippen LogP contribution < -0.4 is 21.9 Å². The lowest BCUT2D eigenvalue weighted by molar-refractivity contribution is -0.124. The second kappa shape index (κ2) is 8.94. The number of amides is 4. The number of carbonyl (C=O) groups excluding carboxylic acids is 3. The van der Waals surface area contributed by atoms with E-state index in [0.717, 1.165) is 19.3 Å². The summed E-state index contributed by atoms with van der Waals surface area (Å²) in [6.07, 6.45) is 3.77. The third-order valence-corrected chi connectivity index (χ3v) is 6.86. The van der Waals surface area contributed by atoms with Gasteiger partial charge in [0.25, 0.3) is 11.8 Å². The molecule has 0 aliphatic heterocycles. The van der Waals surface area contributed by atoms with Gasteiger partial charge in [-0.15, -0.1) is 11.3 Å². The Balaban J connectivity index is 1.99. The van der Waals surface area contributed by atoms with Crippen LogP contribution in [-0.2, 0) is 17.6 Å². The van der Waals surface area contributed by atoms with Crippen LogP contribution in [0.2, 0.25) is 0 Å². The molecule has 2 rings (SSSR count). The van der Waals surface area contributed by atoms with Gasteiger partial charge in [0.2, 0.25) is 0 Å². The van der Waals surface area contributed by atoms with E-state index < -0.39 is 18.0 Å². The molecule has 0 unspecified atom stereocenters. The summed E-state index contributed by atoms with van der Waals surface area (Å²) in [4.78, 5) is 37.9. The normalized spacial score (nSPS) is 18.5. The minimum absolute atomic E-state index is 0.118. The fraction of sp³-hybridized carbons (Fsp3) is 0.650. The van der Waals surface area contributed by atoms with Crippen molar-refractivity contribution in [3.05, 3.63) is 21.4 Å². The van der Waals surface area contributed by atoms with Crippen LogP contribution >= 0.6 is 11.3 Å². The summed E-state index contributed by atoms with van der Waals surface area (Å²) in [6.45, 7) is 10.5. The largest absolute Gasteiger partial charge is 0.352 e. The Morgan fingerprint density at radius 2 is 1.96 bits per heavy atom. The lowest BCUT2D eigenvalue weighted by atomic mass is 9.72. The maximum atomic E-state index is 12.5. The molecule has 1 aliphatic rings. The number of rotatable bonds is 5. The van der Waals surface area contributed by atoms with Crippen LogP contribution in [0.3, 0.4) is 0 Å². The van der Waals surface area contributed by atoms with Gasteiger partial charge < -0.3 is 11.1 Å². The van der Waals surface area contributed by atoms with Gasteiger partial charge in [-0.05, 0) is 48.1 Å². The number of hydrazine groups is 1. The number of aryl methyl sites for hydroxylation is 1. The molecular weight excluding hydrogens is 376 g/mol. The molecule has 0 fully saturated rings. The Bertz CT molecular complexity index is 738. The summed E-state index contributed by atoms with van der Waals surface area (Å²) in [7, 11) is 0. The van der Waals surface area contributed by atoms with Crippen molar-refractivity contribution >= 4 is 29.2 Å². The molecule has 0 radical (unpaired) electrons. The Morgan fingerprint density at radius 3 is 2.54 bits per heavy atom. The molecule has 5 N–H and O–H groups in total. The number of carbonyl (C=O) groups is 3. The molecule has 0 aromatic carbocycles. The van der Waals surface area contributed by atoms with Gasteiger partial charge in [0.05, 0.1) is 4.88 Å². The van der Waals surface area contributed by atoms with Crippen molar-refractivity contribution in [1.29, 1.82) is 0 Å². The molecule has 8 heteroatoms. The van der Waals surface area contributed by atoms with Crippen molar-refractivity contribution in [2.24, 2.45) is 23.0 Å². The molecule has 4 amide bonds. The molecule has 3 atom stereocenters. The van der Waals surface area contributed by atoms with E-state index in [-0.39, 0.29) is 17.2 Å². The highest BCUT2D eigenvalue weighted by Crippen LogP contribution is 2.40. The van der Waals surface area contributed by atoms with Gasteiger partial charge in [0.1, 0.15) is 6.04 Å². The van der Waals surface area contributed by atoms with E-state index in [1.807, 2.05) is 19.9 Å². The predicted molar refractivity (Wildman–Crippen MR) is 111 cm³/mol. The van der Waals surface area contributed by atoms with Crippen LogP contribution in [0, 0.1) is 17.3 Å². The molecule has 0 spiro atoms. The highest BCUT2D eigenvalue weighted by Gasteiger charge is 2.31. The maximum absolute atomic E-state index is 12.5. The van der Waals surface area contributed by atoms with E-state index >= 15 is 0 Å². The zero-order valence-corrected chi connectivity index (χ0v) is 18.2. The van der Waals surface area contributed by atoms with Crippen LogP contribution in [-0.4, -0.2) is 23.9 Å². The smallest absolute Gasteiger partial charge is 0.312 e. The minimum atomic E-state index is -0.799. The van der Waals surface area contributed by atoms with E-state index in [2.05, 4.69) is 36.9 Å². The van der Waals surface area contributed by atoms with E-state index in [0.29, 0.717) is 17.2 Å². The summed E-state index contributed by atoms with van der Waals surface area (Å²) in [5, 5.41) is 2.43. The van der Waals surface area contributed by atoms with Crippen molar-refractivity contribution in [2.45, 2.75) is 66.3 Å². The van der Waals surface area contributed by atoms with Crippen molar-refractivity contribution in [1.82, 2.24) is 16.2 Å². The van der Waals surface area contributed by atoms with E-state index in [9.17, 15) is 14.4 Å². The molecule has 28 heavy (non-hydrogen) atoms. The highest BCUT2D eigenvalue weighted by molar-refractivity contribution is 7.14. The first-order valence-corrected chi connectivity index (χ1v) is 10.6. The average Bonchev–Trinajstić information content (AvgIpc) is 3.05. The van der Waals surface area contributed by atoms with Crippen LogP contribution in [0.5, 0.6) is 0 Å². The Labute approximate surface area is 170 Å². The summed E-state index contributed by atoms with van der Waals surface area (Å²) >= 11 is 1.48. The van der Waals surface area contributed by atoms with Gasteiger partial charge in [-0.25, -0.2) is 4.79 Å². The molecular formula is C20H32N4O3S. The topological polar surface area (TPSA) is 113 Å². The first kappa shape index (κ1) is 22.2. The second-order valence-electron chi connectivity index (χ2n) is 8.68. The number of thiophene rings is 1. The van der Waals surface area contributed by atoms with Gasteiger partial charge in [-0.2, -0.15) is 0 Å². The molecule has 0 saturated carbocycles. The van der Waals surface area contributed by atoms with Gasteiger partial charge in [0, 0.05) is 4.88 Å². The molecule has 0 bridgehead atoms. The van der Waals surface area contributed by atoms with Gasteiger partial charge in [0.15, 0.2) is 0 Å². The van der Waals surface area contributed by atoms with Crippen molar-refractivity contribution in [2.75, 3.05) is 0 Å². The molecule has 1 aromatic heterocycles. The monoisotopic (exact) mass is 408 g/mol. The Morgan fingerprint density at radius 1 is 1.29 bits per heavy atom. The standard InChI is InChI=1S/C20H32N4O3S/c1-6-11(2)16(22-19(21)27)18(26)24-23-17(25)15-10-12-9-13(20(3,4)5)7-8-14(12)28-15/h10-11,13,16H,6-9H2,1-5H3,(H,23,25)(H,24,26)(H3,21,22,27)/t11-,13-,16-/m0/s1. The number of hydrogen-bond acceptors (Lipinski definition) is 4. The second-order valence-corrected chi connectivity index (χ2v) is 9.82. The fourth-order valence-electron chi connectivity index (χ4n) is 3.49. The molecule has 1 heterocycles. The summed E-state index contributed by atoms with van der Waals surface area (Å²) < 4.78 is 0. The number of nitrogens with one attached hydrogen (secondary N) is 3. The van der Waals surface area contributed by atoms with Crippen LogP contribution in [0.1, 0.15) is 67.6 Å². The third kappa shape index (κ3) is 5.47. The number of primary amides is 1. The molecule has 0 saturated heterocycles. The minimum Gasteiger partial charge on any atom is -0.352 e.